The van der Waals surface area contributed by atoms with Crippen LogP contribution in [0.25, 0.3) is 0 Å². The van der Waals surface area contributed by atoms with E-state index in [1.54, 1.807) is 48.5 Å². The van der Waals surface area contributed by atoms with E-state index in [9.17, 15) is 22.8 Å². The third-order valence-electron chi connectivity index (χ3n) is 4.90. The van der Waals surface area contributed by atoms with Gasteiger partial charge in [0.1, 0.15) is 0 Å². The number of β-lactam (4-membered cyclic amide) rings is 1. The molecule has 3 rings (SSSR count). The van der Waals surface area contributed by atoms with Gasteiger partial charge in [0.15, 0.2) is 6.29 Å². The molecule has 12 heteroatoms. The predicted molar refractivity (Wildman–Crippen MR) is 108 cm³/mol. The van der Waals surface area contributed by atoms with Crippen molar-refractivity contribution in [1.29, 1.82) is 0 Å². The monoisotopic (exact) mass is 472 g/mol. The molecule has 2 N–H and O–H groups in total. The summed E-state index contributed by atoms with van der Waals surface area (Å²) in [6.07, 6.45) is 0.299. The van der Waals surface area contributed by atoms with Crippen LogP contribution in [0.5, 0.6) is 0 Å². The van der Waals surface area contributed by atoms with Gasteiger partial charge < -0.3 is 16.2 Å². The molecular weight excluding hydrogens is 451 g/mol. The minimum atomic E-state index is -4.82. The summed E-state index contributed by atoms with van der Waals surface area (Å²) in [7, 11) is -3.74. The molecule has 166 valence electrons. The van der Waals surface area contributed by atoms with Crippen molar-refractivity contribution in [2.24, 2.45) is 0 Å². The van der Waals surface area contributed by atoms with Crippen molar-refractivity contribution in [2.75, 3.05) is 13.7 Å². The molecule has 0 saturated carbocycles. The van der Waals surface area contributed by atoms with E-state index in [-0.39, 0.29) is 47.5 Å². The number of amides is 2. The van der Waals surface area contributed by atoms with Crippen LogP contribution in [0.15, 0.2) is 60.7 Å². The van der Waals surface area contributed by atoms with Gasteiger partial charge in [-0.2, -0.15) is 8.42 Å². The molecule has 10 nitrogen and oxygen atoms in total. The molecule has 2 unspecified atom stereocenters. The molecule has 2 aromatic carbocycles. The van der Waals surface area contributed by atoms with Gasteiger partial charge in [-0.05, 0) is 5.56 Å². The zero-order valence-electron chi connectivity index (χ0n) is 18.4. The Kier molecular flexibility index (Phi) is 8.34. The summed E-state index contributed by atoms with van der Waals surface area (Å²) < 4.78 is 42.6. The molecule has 0 radical (unpaired) electrons. The number of carbonyl (C=O) groups excluding carboxylic acids is 3. The van der Waals surface area contributed by atoms with Crippen LogP contribution in [0, 0.1) is 0 Å². The maximum atomic E-state index is 13.3. The number of methoxy groups -OCH3 is 1. The van der Waals surface area contributed by atoms with Crippen LogP contribution in [0.4, 0.5) is 0 Å². The molecule has 32 heavy (non-hydrogen) atoms. The second kappa shape index (κ2) is 10.2. The van der Waals surface area contributed by atoms with Crippen molar-refractivity contribution in [3.05, 3.63) is 71.8 Å². The number of aldehydes is 1. The van der Waals surface area contributed by atoms with Crippen LogP contribution in [0.1, 0.15) is 12.6 Å². The molecule has 0 bridgehead atoms. The number of benzene rings is 2. The number of rotatable bonds is 9. The van der Waals surface area contributed by atoms with Crippen molar-refractivity contribution in [2.45, 2.75) is 17.9 Å². The van der Waals surface area contributed by atoms with E-state index in [4.69, 9.17) is 14.0 Å². The Hall–Kier alpha value is -2.12. The third kappa shape index (κ3) is 4.94. The first kappa shape index (κ1) is 26.1. The van der Waals surface area contributed by atoms with Crippen LogP contribution in [0.3, 0.4) is 0 Å². The van der Waals surface area contributed by atoms with Gasteiger partial charge in [0.25, 0.3) is 11.8 Å². The van der Waals surface area contributed by atoms with Gasteiger partial charge >= 0.3 is 39.9 Å². The third-order valence-corrected chi connectivity index (χ3v) is 5.75. The van der Waals surface area contributed by atoms with E-state index in [1.165, 1.54) is 12.1 Å². The number of nitrogens with zero attached hydrogens (tertiary/aromatic N) is 1. The SMILES string of the molecule is COC1(NC(=O)C(C=O)(OCc2ccccc2)c2ccccc2)CN(S(=O)(=O)O)C1=O.[H-].[Na+]. The predicted octanol–water partition coefficient (Wildman–Crippen LogP) is -2.48. The molecule has 2 atom stereocenters. The van der Waals surface area contributed by atoms with E-state index in [0.29, 0.717) is 11.8 Å². The summed E-state index contributed by atoms with van der Waals surface area (Å²) in [6, 6.07) is 16.7. The van der Waals surface area contributed by atoms with Crippen LogP contribution < -0.4 is 34.9 Å². The number of carbonyl (C=O) groups is 3. The Morgan fingerprint density at radius 1 is 1.22 bits per heavy atom. The van der Waals surface area contributed by atoms with Crippen LogP contribution in [0.2, 0.25) is 0 Å². The largest absolute Gasteiger partial charge is 1.00 e. The Morgan fingerprint density at radius 2 is 1.78 bits per heavy atom. The Balaban J connectivity index is 0.00000272. The van der Waals surface area contributed by atoms with Crippen molar-refractivity contribution >= 4 is 28.4 Å². The van der Waals surface area contributed by atoms with Crippen molar-refractivity contribution in [3.8, 4) is 0 Å². The maximum Gasteiger partial charge on any atom is 1.00 e. The van der Waals surface area contributed by atoms with Gasteiger partial charge in [-0.1, -0.05) is 60.7 Å². The Labute approximate surface area is 208 Å². The first-order valence-electron chi connectivity index (χ1n) is 9.05. The first-order chi connectivity index (χ1) is 14.7. The normalized spacial score (nSPS) is 19.8. The fraction of sp³-hybridized carbons (Fsp3) is 0.250. The van der Waals surface area contributed by atoms with Gasteiger partial charge in [0, 0.05) is 12.7 Å². The smallest absolute Gasteiger partial charge is 1.00 e. The number of hydrogen-bond donors (Lipinski definition) is 2. The molecule has 0 aromatic heterocycles. The average Bonchev–Trinajstić information content (AvgIpc) is 2.77. The molecule has 0 aliphatic carbocycles. The molecule has 1 heterocycles. The van der Waals surface area contributed by atoms with Gasteiger partial charge in [-0.3, -0.25) is 18.9 Å². The summed E-state index contributed by atoms with van der Waals surface area (Å²) in [5.41, 5.74) is -3.34. The molecule has 1 fully saturated rings. The molecule has 1 aliphatic rings. The van der Waals surface area contributed by atoms with E-state index in [2.05, 4.69) is 5.32 Å². The summed E-state index contributed by atoms with van der Waals surface area (Å²) in [4.78, 5) is 37.8. The number of ether oxygens (including phenoxy) is 2. The Morgan fingerprint density at radius 3 is 2.25 bits per heavy atom. The second-order valence-electron chi connectivity index (χ2n) is 6.77. The molecule has 1 aliphatic heterocycles. The van der Waals surface area contributed by atoms with Crippen LogP contribution in [-0.4, -0.2) is 54.8 Å². The van der Waals surface area contributed by atoms with Gasteiger partial charge in [-0.25, -0.2) is 4.31 Å². The fourth-order valence-corrected chi connectivity index (χ4v) is 3.80. The van der Waals surface area contributed by atoms with E-state index < -0.39 is 40.0 Å². The molecule has 1 saturated heterocycles. The summed E-state index contributed by atoms with van der Waals surface area (Å²) in [5.74, 6) is -2.24. The quantitative estimate of drug-likeness (QED) is 0.102. The minimum absolute atomic E-state index is 0. The molecule has 2 amide bonds. The number of hydrogen-bond acceptors (Lipinski definition) is 7. The summed E-state index contributed by atoms with van der Waals surface area (Å²) >= 11 is 0. The van der Waals surface area contributed by atoms with E-state index >= 15 is 0 Å². The van der Waals surface area contributed by atoms with Crippen molar-refractivity contribution < 1.29 is 67.8 Å². The maximum absolute atomic E-state index is 13.3. The van der Waals surface area contributed by atoms with Crippen molar-refractivity contribution in [3.63, 3.8) is 0 Å². The van der Waals surface area contributed by atoms with Gasteiger partial charge in [0.2, 0.25) is 11.3 Å². The zero-order chi connectivity index (χ0) is 22.7. The zero-order valence-corrected chi connectivity index (χ0v) is 20.2. The fourth-order valence-electron chi connectivity index (χ4n) is 3.10. The van der Waals surface area contributed by atoms with E-state index in [0.717, 1.165) is 7.11 Å². The topological polar surface area (TPSA) is 139 Å². The molecular formula is C20H21N2NaO8S. The van der Waals surface area contributed by atoms with Crippen LogP contribution >= 0.6 is 0 Å². The molecule has 2 aromatic rings. The summed E-state index contributed by atoms with van der Waals surface area (Å²) in [5, 5.41) is 2.27. The van der Waals surface area contributed by atoms with E-state index in [1.807, 2.05) is 0 Å². The van der Waals surface area contributed by atoms with Gasteiger partial charge in [0.05, 0.1) is 13.2 Å². The van der Waals surface area contributed by atoms with Gasteiger partial charge in [-0.15, -0.1) is 0 Å². The minimum Gasteiger partial charge on any atom is -1.00 e. The number of nitrogens with one attached hydrogen (secondary N) is 1. The van der Waals surface area contributed by atoms with Crippen LogP contribution in [-0.2, 0) is 46.4 Å². The second-order valence-corrected chi connectivity index (χ2v) is 8.11. The summed E-state index contributed by atoms with van der Waals surface area (Å²) in [6.45, 7) is -0.776. The average molecular weight is 472 g/mol. The first-order valence-corrected chi connectivity index (χ1v) is 10.5. The Bertz CT molecular complexity index is 1090. The van der Waals surface area contributed by atoms with Crippen molar-refractivity contribution in [1.82, 2.24) is 9.62 Å². The molecule has 0 spiro atoms. The standard InChI is InChI=1S/C20H20N2O8S.Na.H/c1-29-20(13-22(18(20)25)31(26,27)28)21-17(24)19(14-23,16-10-6-3-7-11-16)30-12-15-8-4-2-5-9-15;;/h2-11,14H,12-13H2,1H3,(H,21,24)(H,26,27,28);;/q;+1;-1.